The van der Waals surface area contributed by atoms with Crippen LogP contribution in [0.25, 0.3) is 0 Å². The molecule has 0 heterocycles. The monoisotopic (exact) mass is 238 g/mol. The second-order valence-corrected chi connectivity index (χ2v) is 3.69. The van der Waals surface area contributed by atoms with Gasteiger partial charge >= 0.3 is 0 Å². The lowest BCUT2D eigenvalue weighted by Crippen LogP contribution is -2.26. The fraction of sp³-hybridized carbons (Fsp3) is 0.417. The quantitative estimate of drug-likeness (QED) is 0.809. The minimum Gasteiger partial charge on any atom is -0.497 e. The van der Waals surface area contributed by atoms with E-state index in [4.69, 9.17) is 15.2 Å². The van der Waals surface area contributed by atoms with E-state index < -0.39 is 0 Å². The topological polar surface area (TPSA) is 73.6 Å². The number of methoxy groups -OCH3 is 2. The number of carbonyl (C=O) groups excluding carboxylic acids is 1. The molecular formula is C12H18N2O3. The van der Waals surface area contributed by atoms with Crippen molar-refractivity contribution < 1.29 is 14.3 Å². The van der Waals surface area contributed by atoms with E-state index in [0.29, 0.717) is 23.7 Å². The molecule has 1 aromatic carbocycles. The molecule has 0 saturated carbocycles. The molecule has 5 heteroatoms. The molecule has 1 amide bonds. The normalized spacial score (nSPS) is 11.8. The summed E-state index contributed by atoms with van der Waals surface area (Å²) in [7, 11) is 3.11. The standard InChI is InChI=1S/C12H18N2O3/c1-8(7-13)12(15)14-10-5-4-9(16-2)6-11(10)17-3/h4-6,8H,7,13H2,1-3H3,(H,14,15). The van der Waals surface area contributed by atoms with Gasteiger partial charge in [0.05, 0.1) is 19.9 Å². The minimum absolute atomic E-state index is 0.129. The van der Waals surface area contributed by atoms with Crippen molar-refractivity contribution in [3.8, 4) is 11.5 Å². The van der Waals surface area contributed by atoms with Crippen LogP contribution in [-0.4, -0.2) is 26.7 Å². The summed E-state index contributed by atoms with van der Waals surface area (Å²) in [6, 6.07) is 5.20. The molecule has 0 aromatic heterocycles. The molecule has 0 radical (unpaired) electrons. The van der Waals surface area contributed by atoms with E-state index in [1.807, 2.05) is 0 Å². The molecule has 94 valence electrons. The molecule has 1 atom stereocenters. The van der Waals surface area contributed by atoms with Crippen LogP contribution in [0.2, 0.25) is 0 Å². The average Bonchev–Trinajstić information content (AvgIpc) is 2.37. The Hall–Kier alpha value is -1.75. The maximum atomic E-state index is 11.7. The smallest absolute Gasteiger partial charge is 0.228 e. The van der Waals surface area contributed by atoms with E-state index >= 15 is 0 Å². The van der Waals surface area contributed by atoms with E-state index in [-0.39, 0.29) is 11.8 Å². The fourth-order valence-electron chi connectivity index (χ4n) is 1.26. The van der Waals surface area contributed by atoms with Crippen molar-refractivity contribution in [3.05, 3.63) is 18.2 Å². The summed E-state index contributed by atoms with van der Waals surface area (Å²) in [6.07, 6.45) is 0. The van der Waals surface area contributed by atoms with E-state index in [1.165, 1.54) is 7.11 Å². The Morgan fingerprint density at radius 3 is 2.65 bits per heavy atom. The maximum absolute atomic E-state index is 11.7. The zero-order valence-corrected chi connectivity index (χ0v) is 10.3. The molecule has 5 nitrogen and oxygen atoms in total. The van der Waals surface area contributed by atoms with Crippen molar-refractivity contribution in [2.24, 2.45) is 11.7 Å². The lowest BCUT2D eigenvalue weighted by Gasteiger charge is -2.13. The summed E-state index contributed by atoms with van der Waals surface area (Å²) < 4.78 is 10.2. The number of anilines is 1. The van der Waals surface area contributed by atoms with Crippen LogP contribution in [0.3, 0.4) is 0 Å². The van der Waals surface area contributed by atoms with Crippen LogP contribution in [0.4, 0.5) is 5.69 Å². The summed E-state index contributed by atoms with van der Waals surface area (Å²) in [5, 5.41) is 2.76. The van der Waals surface area contributed by atoms with E-state index in [0.717, 1.165) is 0 Å². The number of amides is 1. The summed E-state index contributed by atoms with van der Waals surface area (Å²) in [5.74, 6) is 0.867. The molecule has 17 heavy (non-hydrogen) atoms. The van der Waals surface area contributed by atoms with Gasteiger partial charge in [-0.3, -0.25) is 4.79 Å². The van der Waals surface area contributed by atoms with Crippen molar-refractivity contribution in [3.63, 3.8) is 0 Å². The van der Waals surface area contributed by atoms with Gasteiger partial charge in [0.15, 0.2) is 0 Å². The Balaban J connectivity index is 2.87. The van der Waals surface area contributed by atoms with E-state index in [2.05, 4.69) is 5.32 Å². The van der Waals surface area contributed by atoms with Gasteiger partial charge in [-0.2, -0.15) is 0 Å². The van der Waals surface area contributed by atoms with Crippen molar-refractivity contribution in [2.75, 3.05) is 26.1 Å². The van der Waals surface area contributed by atoms with Crippen LogP contribution in [0.5, 0.6) is 11.5 Å². The van der Waals surface area contributed by atoms with Crippen LogP contribution in [-0.2, 0) is 4.79 Å². The van der Waals surface area contributed by atoms with Crippen LogP contribution in [0, 0.1) is 5.92 Å². The highest BCUT2D eigenvalue weighted by atomic mass is 16.5. The molecule has 0 spiro atoms. The number of hydrogen-bond donors (Lipinski definition) is 2. The number of ether oxygens (including phenoxy) is 2. The van der Waals surface area contributed by atoms with Crippen LogP contribution < -0.4 is 20.5 Å². The molecule has 1 aromatic rings. The molecule has 1 rings (SSSR count). The number of nitrogens with one attached hydrogen (secondary N) is 1. The highest BCUT2D eigenvalue weighted by Gasteiger charge is 2.13. The third kappa shape index (κ3) is 3.35. The molecule has 0 fully saturated rings. The highest BCUT2D eigenvalue weighted by molar-refractivity contribution is 5.94. The number of rotatable bonds is 5. The van der Waals surface area contributed by atoms with Gasteiger partial charge in [0.2, 0.25) is 5.91 Å². The van der Waals surface area contributed by atoms with Gasteiger partial charge in [-0.25, -0.2) is 0 Å². The van der Waals surface area contributed by atoms with Gasteiger partial charge in [-0.1, -0.05) is 6.92 Å². The van der Waals surface area contributed by atoms with E-state index in [9.17, 15) is 4.79 Å². The third-order valence-electron chi connectivity index (χ3n) is 2.47. The third-order valence-corrected chi connectivity index (χ3v) is 2.47. The summed E-state index contributed by atoms with van der Waals surface area (Å²) >= 11 is 0. The number of hydrogen-bond acceptors (Lipinski definition) is 4. The SMILES string of the molecule is COc1ccc(NC(=O)C(C)CN)c(OC)c1. The number of nitrogens with two attached hydrogens (primary N) is 1. The first-order chi connectivity index (χ1) is 8.12. The Labute approximate surface area is 101 Å². The molecule has 0 aliphatic carbocycles. The molecule has 0 saturated heterocycles. The molecule has 1 unspecified atom stereocenters. The zero-order chi connectivity index (χ0) is 12.8. The summed E-state index contributed by atoms with van der Waals surface area (Å²) in [6.45, 7) is 2.08. The van der Waals surface area contributed by atoms with Crippen molar-refractivity contribution in [2.45, 2.75) is 6.92 Å². The molecule has 0 bridgehead atoms. The Morgan fingerprint density at radius 2 is 2.12 bits per heavy atom. The molecule has 3 N–H and O–H groups in total. The van der Waals surface area contributed by atoms with Gasteiger partial charge in [0.1, 0.15) is 11.5 Å². The van der Waals surface area contributed by atoms with E-state index in [1.54, 1.807) is 32.2 Å². The second kappa shape index (κ2) is 6.10. The Bertz CT molecular complexity index is 393. The second-order valence-electron chi connectivity index (χ2n) is 3.69. The summed E-state index contributed by atoms with van der Waals surface area (Å²) in [4.78, 5) is 11.7. The van der Waals surface area contributed by atoms with Gasteiger partial charge in [0, 0.05) is 18.5 Å². The predicted octanol–water partition coefficient (Wildman–Crippen LogP) is 1.24. The van der Waals surface area contributed by atoms with Gasteiger partial charge < -0.3 is 20.5 Å². The van der Waals surface area contributed by atoms with Crippen LogP contribution in [0.1, 0.15) is 6.92 Å². The van der Waals surface area contributed by atoms with Crippen LogP contribution in [0.15, 0.2) is 18.2 Å². The number of benzene rings is 1. The average molecular weight is 238 g/mol. The van der Waals surface area contributed by atoms with Gasteiger partial charge in [-0.15, -0.1) is 0 Å². The lowest BCUT2D eigenvalue weighted by molar-refractivity contribution is -0.119. The first-order valence-corrected chi connectivity index (χ1v) is 5.35. The first-order valence-electron chi connectivity index (χ1n) is 5.35. The van der Waals surface area contributed by atoms with Crippen molar-refractivity contribution in [1.82, 2.24) is 0 Å². The minimum atomic E-state index is -0.234. The summed E-state index contributed by atoms with van der Waals surface area (Å²) in [5.41, 5.74) is 6.04. The van der Waals surface area contributed by atoms with Gasteiger partial charge in [-0.05, 0) is 12.1 Å². The lowest BCUT2D eigenvalue weighted by atomic mass is 10.1. The highest BCUT2D eigenvalue weighted by Crippen LogP contribution is 2.29. The molecular weight excluding hydrogens is 220 g/mol. The Morgan fingerprint density at radius 1 is 1.41 bits per heavy atom. The predicted molar refractivity (Wildman–Crippen MR) is 66.4 cm³/mol. The van der Waals surface area contributed by atoms with Crippen molar-refractivity contribution in [1.29, 1.82) is 0 Å². The largest absolute Gasteiger partial charge is 0.497 e. The maximum Gasteiger partial charge on any atom is 0.228 e. The molecule has 0 aliphatic rings. The first kappa shape index (κ1) is 13.3. The zero-order valence-electron chi connectivity index (χ0n) is 10.3. The Kier molecular flexibility index (Phi) is 4.78. The fourth-order valence-corrected chi connectivity index (χ4v) is 1.26. The number of carbonyl (C=O) groups is 1. The van der Waals surface area contributed by atoms with Crippen LogP contribution >= 0.6 is 0 Å². The molecule has 0 aliphatic heterocycles. The van der Waals surface area contributed by atoms with Gasteiger partial charge in [0.25, 0.3) is 0 Å². The van der Waals surface area contributed by atoms with Crippen molar-refractivity contribution >= 4 is 11.6 Å².